The monoisotopic (exact) mass is 484 g/mol. The summed E-state index contributed by atoms with van der Waals surface area (Å²) < 4.78 is 4.87. The first kappa shape index (κ1) is 26.3. The van der Waals surface area contributed by atoms with Crippen LogP contribution in [0, 0.1) is 46.3 Å². The lowest BCUT2D eigenvalue weighted by Gasteiger charge is -2.55. The summed E-state index contributed by atoms with van der Waals surface area (Å²) in [6.45, 7) is 14.7. The molecule has 2 fully saturated rings. The zero-order valence-corrected chi connectivity index (χ0v) is 22.5. The number of hydrogen-bond acceptors (Lipinski definition) is 5. The summed E-state index contributed by atoms with van der Waals surface area (Å²) in [5.41, 5.74) is 2.34. The Morgan fingerprint density at radius 2 is 1.91 bits per heavy atom. The number of allylic oxidation sites excluding steroid dienone is 1. The van der Waals surface area contributed by atoms with Crippen molar-refractivity contribution >= 4 is 17.5 Å². The van der Waals surface area contributed by atoms with Gasteiger partial charge >= 0.3 is 5.97 Å². The van der Waals surface area contributed by atoms with Crippen molar-refractivity contribution < 1.29 is 24.2 Å². The number of hydrogen-bond donors (Lipinski definition) is 1. The van der Waals surface area contributed by atoms with Gasteiger partial charge in [-0.3, -0.25) is 14.4 Å². The minimum Gasteiger partial charge on any atom is -0.469 e. The Labute approximate surface area is 210 Å². The molecule has 0 radical (unpaired) electrons. The molecule has 4 rings (SSSR count). The zero-order chi connectivity index (χ0) is 25.9. The topological polar surface area (TPSA) is 80.7 Å². The first-order valence-electron chi connectivity index (χ1n) is 13.6. The number of rotatable bonds is 6. The van der Waals surface area contributed by atoms with Gasteiger partial charge < -0.3 is 9.84 Å². The summed E-state index contributed by atoms with van der Waals surface area (Å²) in [4.78, 5) is 38.3. The lowest BCUT2D eigenvalue weighted by molar-refractivity contribution is -0.143. The van der Waals surface area contributed by atoms with Gasteiger partial charge in [0.2, 0.25) is 0 Å². The van der Waals surface area contributed by atoms with Crippen LogP contribution in [-0.2, 0) is 19.1 Å². The van der Waals surface area contributed by atoms with Gasteiger partial charge in [0.05, 0.1) is 19.1 Å². The Balaban J connectivity index is 1.58. The van der Waals surface area contributed by atoms with E-state index in [2.05, 4.69) is 27.4 Å². The number of carbonyl (C=O) groups excluding carboxylic acids is 3. The predicted octanol–water partition coefficient (Wildman–Crippen LogP) is 5.46. The van der Waals surface area contributed by atoms with Gasteiger partial charge in [0.1, 0.15) is 5.78 Å². The molecule has 0 spiro atoms. The van der Waals surface area contributed by atoms with Crippen LogP contribution in [0.5, 0.6) is 0 Å². The molecule has 0 aromatic heterocycles. The maximum absolute atomic E-state index is 13.9. The maximum atomic E-state index is 13.9. The number of fused-ring (bicyclic) bond motifs is 4. The standard InChI is InChI=1S/C30H44O5/c1-16(18(3)28(34)35-7)8-9-17(2)20-10-11-21-26-24(32)14-22-19(4)23(31)12-13-29(22,5)27(26)25(33)15-30(20,21)6/h17-22,24,32H,1,8-15H2,2-7H3/t17-,18-,19+,20-,21+,22+,24+,29+,30-/m1/s1. The fourth-order valence-corrected chi connectivity index (χ4v) is 8.67. The highest BCUT2D eigenvalue weighted by Crippen LogP contribution is 2.65. The maximum Gasteiger partial charge on any atom is 0.312 e. The number of ether oxygens (including phenoxy) is 1. The molecule has 0 aromatic rings. The summed E-state index contributed by atoms with van der Waals surface area (Å²) in [6, 6.07) is 0. The van der Waals surface area contributed by atoms with E-state index in [-0.39, 0.29) is 52.0 Å². The third kappa shape index (κ3) is 4.06. The number of ketones is 2. The fraction of sp³-hybridized carbons (Fsp3) is 0.767. The Bertz CT molecular complexity index is 962. The minimum atomic E-state index is -0.625. The van der Waals surface area contributed by atoms with Gasteiger partial charge in [0, 0.05) is 29.7 Å². The third-order valence-electron chi connectivity index (χ3n) is 10.9. The Hall–Kier alpha value is -1.75. The van der Waals surface area contributed by atoms with Gasteiger partial charge in [-0.15, -0.1) is 0 Å². The van der Waals surface area contributed by atoms with Crippen molar-refractivity contribution in [3.8, 4) is 0 Å². The average Bonchev–Trinajstić information content (AvgIpc) is 3.16. The first-order valence-corrected chi connectivity index (χ1v) is 13.6. The number of Topliss-reactive ketones (excluding diaryl/α,β-unsaturated/α-hetero) is 2. The van der Waals surface area contributed by atoms with Crippen molar-refractivity contribution in [2.45, 2.75) is 92.1 Å². The molecule has 0 aromatic carbocycles. The summed E-state index contributed by atoms with van der Waals surface area (Å²) in [7, 11) is 1.41. The van der Waals surface area contributed by atoms with Crippen LogP contribution in [0.1, 0.15) is 86.0 Å². The molecule has 9 atom stereocenters. The molecule has 1 N–H and O–H groups in total. The van der Waals surface area contributed by atoms with Crippen LogP contribution in [0.4, 0.5) is 0 Å². The molecule has 0 bridgehead atoms. The molecule has 0 saturated heterocycles. The van der Waals surface area contributed by atoms with Crippen LogP contribution in [0.15, 0.2) is 23.3 Å². The smallest absolute Gasteiger partial charge is 0.312 e. The molecular formula is C30H44O5. The lowest BCUT2D eigenvalue weighted by Crippen LogP contribution is -2.54. The van der Waals surface area contributed by atoms with E-state index < -0.39 is 6.10 Å². The first-order chi connectivity index (χ1) is 16.4. The zero-order valence-electron chi connectivity index (χ0n) is 22.5. The van der Waals surface area contributed by atoms with E-state index in [1.807, 2.05) is 13.8 Å². The van der Waals surface area contributed by atoms with Gasteiger partial charge in [-0.05, 0) is 80.1 Å². The molecule has 4 aliphatic rings. The van der Waals surface area contributed by atoms with Crippen LogP contribution in [0.2, 0.25) is 0 Å². The number of esters is 1. The molecule has 0 heterocycles. The average molecular weight is 485 g/mol. The second kappa shape index (κ2) is 9.28. The van der Waals surface area contributed by atoms with Crippen LogP contribution < -0.4 is 0 Å². The minimum absolute atomic E-state index is 0.0461. The van der Waals surface area contributed by atoms with Crippen molar-refractivity contribution in [1.29, 1.82) is 0 Å². The van der Waals surface area contributed by atoms with Crippen molar-refractivity contribution in [2.24, 2.45) is 46.3 Å². The number of aliphatic hydroxyl groups excluding tert-OH is 1. The Kier molecular flexibility index (Phi) is 6.98. The number of carbonyl (C=O) groups is 3. The highest BCUT2D eigenvalue weighted by atomic mass is 16.5. The van der Waals surface area contributed by atoms with Crippen LogP contribution >= 0.6 is 0 Å². The van der Waals surface area contributed by atoms with E-state index in [0.29, 0.717) is 31.1 Å². The van der Waals surface area contributed by atoms with Gasteiger partial charge in [0.15, 0.2) is 5.78 Å². The molecule has 194 valence electrons. The lowest BCUT2D eigenvalue weighted by atomic mass is 9.48. The van der Waals surface area contributed by atoms with Crippen molar-refractivity contribution in [1.82, 2.24) is 0 Å². The van der Waals surface area contributed by atoms with Gasteiger partial charge in [-0.2, -0.15) is 0 Å². The second-order valence-electron chi connectivity index (χ2n) is 12.6. The quantitative estimate of drug-likeness (QED) is 0.400. The highest BCUT2D eigenvalue weighted by Gasteiger charge is 2.61. The van der Waals surface area contributed by atoms with Gasteiger partial charge in [0.25, 0.3) is 0 Å². The molecule has 0 aliphatic heterocycles. The van der Waals surface area contributed by atoms with Gasteiger partial charge in [-0.25, -0.2) is 0 Å². The molecule has 0 unspecified atom stereocenters. The van der Waals surface area contributed by atoms with E-state index in [1.165, 1.54) is 7.11 Å². The Morgan fingerprint density at radius 1 is 1.23 bits per heavy atom. The number of methoxy groups -OCH3 is 1. The van der Waals surface area contributed by atoms with Crippen molar-refractivity contribution in [3.05, 3.63) is 23.3 Å². The van der Waals surface area contributed by atoms with Crippen molar-refractivity contribution in [2.75, 3.05) is 7.11 Å². The van der Waals surface area contributed by atoms with Crippen molar-refractivity contribution in [3.63, 3.8) is 0 Å². The van der Waals surface area contributed by atoms with E-state index in [4.69, 9.17) is 4.74 Å². The summed E-state index contributed by atoms with van der Waals surface area (Å²) in [6.07, 6.45) is 5.50. The van der Waals surface area contributed by atoms with E-state index >= 15 is 0 Å². The van der Waals surface area contributed by atoms with E-state index in [1.54, 1.807) is 0 Å². The Morgan fingerprint density at radius 3 is 2.57 bits per heavy atom. The van der Waals surface area contributed by atoms with Crippen LogP contribution in [0.25, 0.3) is 0 Å². The molecule has 35 heavy (non-hydrogen) atoms. The molecular weight excluding hydrogens is 440 g/mol. The highest BCUT2D eigenvalue weighted by molar-refractivity contribution is 6.00. The third-order valence-corrected chi connectivity index (χ3v) is 10.9. The van der Waals surface area contributed by atoms with E-state index in [0.717, 1.165) is 48.8 Å². The number of aliphatic hydroxyl groups is 1. The largest absolute Gasteiger partial charge is 0.469 e. The van der Waals surface area contributed by atoms with Gasteiger partial charge in [-0.1, -0.05) is 39.8 Å². The normalized spacial score (nSPS) is 40.5. The summed E-state index contributed by atoms with van der Waals surface area (Å²) >= 11 is 0. The second-order valence-corrected chi connectivity index (χ2v) is 12.6. The molecule has 0 amide bonds. The molecule has 5 heteroatoms. The van der Waals surface area contributed by atoms with Crippen LogP contribution in [-0.4, -0.2) is 35.9 Å². The van der Waals surface area contributed by atoms with Crippen LogP contribution in [0.3, 0.4) is 0 Å². The van der Waals surface area contributed by atoms with E-state index in [9.17, 15) is 19.5 Å². The fourth-order valence-electron chi connectivity index (χ4n) is 8.67. The molecule has 4 aliphatic carbocycles. The summed E-state index contributed by atoms with van der Waals surface area (Å²) in [5, 5.41) is 11.4. The summed E-state index contributed by atoms with van der Waals surface area (Å²) in [5.74, 6) is 0.864. The molecule has 2 saturated carbocycles. The predicted molar refractivity (Wildman–Crippen MR) is 135 cm³/mol. The molecule has 5 nitrogen and oxygen atoms in total. The SMILES string of the molecule is C=C(CC[C@@H](C)[C@H]1CC[C@H]2C3=C(C(=O)C[C@]12C)[C@@]1(C)CCC(=O)[C@@H](C)[C@@H]1C[C@@H]3O)[C@@H](C)C(=O)OC.